The number of fused-ring (bicyclic) bond motifs is 1. The number of halogens is 1. The summed E-state index contributed by atoms with van der Waals surface area (Å²) in [7, 11) is 0. The predicted molar refractivity (Wildman–Crippen MR) is 94.2 cm³/mol. The molecule has 0 unspecified atom stereocenters. The predicted octanol–water partition coefficient (Wildman–Crippen LogP) is 3.51. The van der Waals surface area contributed by atoms with E-state index in [2.05, 4.69) is 15.4 Å². The summed E-state index contributed by atoms with van der Waals surface area (Å²) in [5, 5.41) is 13.3. The zero-order valence-corrected chi connectivity index (χ0v) is 14.5. The van der Waals surface area contributed by atoms with Crippen molar-refractivity contribution in [2.75, 3.05) is 13.2 Å². The summed E-state index contributed by atoms with van der Waals surface area (Å²) in [5.74, 6) is 1.88. The molecule has 0 amide bonds. The van der Waals surface area contributed by atoms with Crippen LogP contribution in [0.3, 0.4) is 0 Å². The van der Waals surface area contributed by atoms with Crippen molar-refractivity contribution in [1.82, 2.24) is 20.2 Å². The Hall–Kier alpha value is -2.60. The molecule has 25 heavy (non-hydrogen) atoms. The van der Waals surface area contributed by atoms with E-state index in [0.29, 0.717) is 42.1 Å². The van der Waals surface area contributed by atoms with Crippen LogP contribution in [0.1, 0.15) is 17.5 Å². The Morgan fingerprint density at radius 3 is 2.88 bits per heavy atom. The Labute approximate surface area is 150 Å². The van der Waals surface area contributed by atoms with E-state index in [-0.39, 0.29) is 0 Å². The number of tetrazole rings is 1. The molecule has 2 heterocycles. The summed E-state index contributed by atoms with van der Waals surface area (Å²) in [4.78, 5) is 1.55. The van der Waals surface area contributed by atoms with E-state index in [1.54, 1.807) is 4.80 Å². The minimum absolute atomic E-state index is 0.454. The van der Waals surface area contributed by atoms with Crippen molar-refractivity contribution in [3.8, 4) is 22.9 Å². The molecule has 0 saturated heterocycles. The number of aryl methyl sites for hydroxylation is 1. The van der Waals surface area contributed by atoms with Crippen LogP contribution in [0.25, 0.3) is 11.4 Å². The first-order chi connectivity index (χ1) is 12.2. The number of aromatic nitrogens is 4. The molecular weight excluding hydrogens is 340 g/mol. The van der Waals surface area contributed by atoms with E-state index in [4.69, 9.17) is 21.1 Å². The van der Waals surface area contributed by atoms with E-state index in [1.807, 2.05) is 43.3 Å². The lowest BCUT2D eigenvalue weighted by atomic mass is 10.1. The van der Waals surface area contributed by atoms with Gasteiger partial charge < -0.3 is 9.47 Å². The number of rotatable bonds is 3. The molecule has 0 fully saturated rings. The average molecular weight is 357 g/mol. The largest absolute Gasteiger partial charge is 0.489 e. The van der Waals surface area contributed by atoms with Crippen LogP contribution in [0.4, 0.5) is 0 Å². The van der Waals surface area contributed by atoms with E-state index in [1.165, 1.54) is 0 Å². The molecule has 2 aromatic carbocycles. The van der Waals surface area contributed by atoms with E-state index in [9.17, 15) is 0 Å². The van der Waals surface area contributed by atoms with Crippen LogP contribution in [0, 0.1) is 6.92 Å². The van der Waals surface area contributed by atoms with Gasteiger partial charge >= 0.3 is 0 Å². The third-order valence-electron chi connectivity index (χ3n) is 4.02. The second-order valence-electron chi connectivity index (χ2n) is 5.91. The fraction of sp³-hybridized carbons (Fsp3) is 0.278. The average Bonchev–Trinajstić information content (AvgIpc) is 2.91. The lowest BCUT2D eigenvalue weighted by Gasteiger charge is -2.11. The van der Waals surface area contributed by atoms with Crippen molar-refractivity contribution in [3.05, 3.63) is 52.5 Å². The second kappa shape index (κ2) is 6.72. The summed E-state index contributed by atoms with van der Waals surface area (Å²) >= 11 is 6.34. The first-order valence-corrected chi connectivity index (χ1v) is 8.50. The normalized spacial score (nSPS) is 13.5. The number of hydrogen-bond donors (Lipinski definition) is 0. The summed E-state index contributed by atoms with van der Waals surface area (Å²) in [6.07, 6.45) is 0.838. The number of ether oxygens (including phenoxy) is 2. The van der Waals surface area contributed by atoms with Crippen LogP contribution in [0.15, 0.2) is 36.4 Å². The molecule has 6 nitrogen and oxygen atoms in total. The molecular formula is C18H17ClN4O2. The van der Waals surface area contributed by atoms with Gasteiger partial charge in [-0.25, -0.2) is 0 Å². The molecule has 1 aromatic heterocycles. The molecule has 7 heteroatoms. The fourth-order valence-electron chi connectivity index (χ4n) is 2.78. The first-order valence-electron chi connectivity index (χ1n) is 8.12. The highest BCUT2D eigenvalue weighted by Gasteiger charge is 2.16. The zero-order valence-electron chi connectivity index (χ0n) is 13.8. The van der Waals surface area contributed by atoms with Crippen LogP contribution in [0.5, 0.6) is 11.5 Å². The molecule has 0 radical (unpaired) electrons. The van der Waals surface area contributed by atoms with Gasteiger partial charge in [0.05, 0.1) is 24.8 Å². The summed E-state index contributed by atoms with van der Waals surface area (Å²) in [6, 6.07) is 11.7. The zero-order chi connectivity index (χ0) is 17.2. The van der Waals surface area contributed by atoms with Crippen molar-refractivity contribution >= 4 is 11.6 Å². The highest BCUT2D eigenvalue weighted by atomic mass is 35.5. The van der Waals surface area contributed by atoms with E-state index < -0.39 is 0 Å². The quantitative estimate of drug-likeness (QED) is 0.718. The highest BCUT2D eigenvalue weighted by molar-refractivity contribution is 6.32. The molecule has 0 saturated carbocycles. The van der Waals surface area contributed by atoms with Gasteiger partial charge in [-0.15, -0.1) is 10.2 Å². The SMILES string of the molecule is Cc1ccccc1-c1nnn(Cc2cc(Cl)c3c(c2)OCCCO3)n1. The Kier molecular flexibility index (Phi) is 4.28. The third kappa shape index (κ3) is 3.30. The smallest absolute Gasteiger partial charge is 0.205 e. The van der Waals surface area contributed by atoms with Crippen molar-refractivity contribution in [2.24, 2.45) is 0 Å². The van der Waals surface area contributed by atoms with Gasteiger partial charge in [0.15, 0.2) is 11.5 Å². The van der Waals surface area contributed by atoms with E-state index >= 15 is 0 Å². The fourth-order valence-corrected chi connectivity index (χ4v) is 3.07. The van der Waals surface area contributed by atoms with Gasteiger partial charge in [0.1, 0.15) is 0 Å². The van der Waals surface area contributed by atoms with Crippen LogP contribution in [0.2, 0.25) is 5.02 Å². The van der Waals surface area contributed by atoms with Crippen molar-refractivity contribution in [2.45, 2.75) is 19.9 Å². The Morgan fingerprint density at radius 2 is 2.00 bits per heavy atom. The van der Waals surface area contributed by atoms with E-state index in [0.717, 1.165) is 23.1 Å². The third-order valence-corrected chi connectivity index (χ3v) is 4.31. The highest BCUT2D eigenvalue weighted by Crippen LogP contribution is 2.38. The molecule has 0 bridgehead atoms. The van der Waals surface area contributed by atoms with Gasteiger partial charge in [-0.2, -0.15) is 4.80 Å². The molecule has 0 aliphatic carbocycles. The first kappa shape index (κ1) is 15.9. The molecule has 0 atom stereocenters. The van der Waals surface area contributed by atoms with Gasteiger partial charge in [-0.1, -0.05) is 35.9 Å². The second-order valence-corrected chi connectivity index (χ2v) is 6.32. The molecule has 4 rings (SSSR count). The molecule has 128 valence electrons. The maximum atomic E-state index is 6.34. The summed E-state index contributed by atoms with van der Waals surface area (Å²) < 4.78 is 11.4. The summed E-state index contributed by atoms with van der Waals surface area (Å²) in [5.41, 5.74) is 3.02. The monoisotopic (exact) mass is 356 g/mol. The van der Waals surface area contributed by atoms with Crippen LogP contribution >= 0.6 is 11.6 Å². The van der Waals surface area contributed by atoms with Gasteiger partial charge in [0, 0.05) is 12.0 Å². The maximum absolute atomic E-state index is 6.34. The van der Waals surface area contributed by atoms with Crippen molar-refractivity contribution in [1.29, 1.82) is 0 Å². The number of benzene rings is 2. The molecule has 1 aliphatic rings. The molecule has 3 aromatic rings. The standard InChI is InChI=1S/C18H17ClN4O2/c1-12-5-2-3-6-14(12)18-20-22-23(21-18)11-13-9-15(19)17-16(10-13)24-7-4-8-25-17/h2-3,5-6,9-10H,4,7-8,11H2,1H3. The Bertz CT molecular complexity index is 910. The minimum Gasteiger partial charge on any atom is -0.489 e. The molecule has 0 spiro atoms. The van der Waals surface area contributed by atoms with Gasteiger partial charge in [-0.05, 0) is 35.4 Å². The van der Waals surface area contributed by atoms with Gasteiger partial charge in [0.25, 0.3) is 0 Å². The van der Waals surface area contributed by atoms with Crippen molar-refractivity contribution in [3.63, 3.8) is 0 Å². The van der Waals surface area contributed by atoms with Gasteiger partial charge in [0.2, 0.25) is 5.82 Å². The van der Waals surface area contributed by atoms with Crippen LogP contribution < -0.4 is 9.47 Å². The number of hydrogen-bond acceptors (Lipinski definition) is 5. The lowest BCUT2D eigenvalue weighted by molar-refractivity contribution is 0.297. The number of nitrogens with zero attached hydrogens (tertiary/aromatic N) is 4. The van der Waals surface area contributed by atoms with Crippen LogP contribution in [-0.2, 0) is 6.54 Å². The van der Waals surface area contributed by atoms with Crippen LogP contribution in [-0.4, -0.2) is 33.4 Å². The minimum atomic E-state index is 0.454. The van der Waals surface area contributed by atoms with Gasteiger partial charge in [-0.3, -0.25) is 0 Å². The Balaban J connectivity index is 1.60. The topological polar surface area (TPSA) is 62.1 Å². The molecule has 0 N–H and O–H groups in total. The van der Waals surface area contributed by atoms with Crippen molar-refractivity contribution < 1.29 is 9.47 Å². The molecule has 1 aliphatic heterocycles. The Morgan fingerprint density at radius 1 is 1.16 bits per heavy atom. The summed E-state index contributed by atoms with van der Waals surface area (Å²) in [6.45, 7) is 3.71. The lowest BCUT2D eigenvalue weighted by Crippen LogP contribution is -2.05. The maximum Gasteiger partial charge on any atom is 0.205 e.